The van der Waals surface area contributed by atoms with Gasteiger partial charge in [-0.1, -0.05) is 26.2 Å². The Morgan fingerprint density at radius 3 is 2.27 bits per heavy atom. The number of hydrogen-bond acceptors (Lipinski definition) is 5. The van der Waals surface area contributed by atoms with Gasteiger partial charge in [0, 0.05) is 68.6 Å². The van der Waals surface area contributed by atoms with Gasteiger partial charge in [-0.3, -0.25) is 14.4 Å². The molecule has 272 valence electrons. The number of nitrogens with zero attached hydrogens (tertiary/aromatic N) is 2. The lowest BCUT2D eigenvalue weighted by Gasteiger charge is -2.54. The van der Waals surface area contributed by atoms with Crippen LogP contribution in [0.25, 0.3) is 0 Å². The second kappa shape index (κ2) is 15.3. The zero-order valence-corrected chi connectivity index (χ0v) is 29.5. The third-order valence-electron chi connectivity index (χ3n) is 13.1. The predicted octanol–water partition coefficient (Wildman–Crippen LogP) is 5.58. The number of amides is 3. The number of halogens is 4. The van der Waals surface area contributed by atoms with E-state index in [-0.39, 0.29) is 78.1 Å². The van der Waals surface area contributed by atoms with Crippen LogP contribution in [0, 0.1) is 35.5 Å². The molecule has 6 fully saturated rings. The molecular weight excluding hydrogens is 643 g/mol. The van der Waals surface area contributed by atoms with Crippen LogP contribution in [-0.2, 0) is 14.4 Å². The largest absolute Gasteiger partial charge is 0.391 e. The van der Waals surface area contributed by atoms with Gasteiger partial charge in [0.2, 0.25) is 17.7 Å². The second-order valence-corrected chi connectivity index (χ2v) is 16.8. The summed E-state index contributed by atoms with van der Waals surface area (Å²) in [4.78, 5) is 44.1. The van der Waals surface area contributed by atoms with Gasteiger partial charge in [-0.25, -0.2) is 0 Å². The minimum Gasteiger partial charge on any atom is -0.354 e. The maximum absolute atomic E-state index is 14.4. The van der Waals surface area contributed by atoms with Crippen molar-refractivity contribution >= 4 is 29.3 Å². The van der Waals surface area contributed by atoms with Crippen molar-refractivity contribution in [3.05, 3.63) is 0 Å². The first-order chi connectivity index (χ1) is 22.9. The number of nitrogens with one attached hydrogen (secondary N) is 3. The smallest absolute Gasteiger partial charge is 0.354 e. The number of piperidine rings is 3. The Balaban J connectivity index is 1.11. The lowest BCUT2D eigenvalue weighted by molar-refractivity contribution is -0.192. The second-order valence-electron chi connectivity index (χ2n) is 16.3. The highest BCUT2D eigenvalue weighted by Gasteiger charge is 2.51. The highest BCUT2D eigenvalue weighted by Crippen LogP contribution is 2.46. The van der Waals surface area contributed by atoms with Crippen LogP contribution < -0.4 is 16.0 Å². The Bertz CT molecular complexity index is 1150. The van der Waals surface area contributed by atoms with Crippen molar-refractivity contribution in [3.63, 3.8) is 0 Å². The number of alkyl halides is 4. The number of carbonyl (C=O) groups is 3. The van der Waals surface area contributed by atoms with Gasteiger partial charge < -0.3 is 25.8 Å². The maximum Gasteiger partial charge on any atom is 0.391 e. The monoisotopic (exact) mass is 699 g/mol. The van der Waals surface area contributed by atoms with Crippen LogP contribution in [0.5, 0.6) is 0 Å². The Morgan fingerprint density at radius 2 is 1.58 bits per heavy atom. The van der Waals surface area contributed by atoms with Crippen molar-refractivity contribution in [3.8, 4) is 0 Å². The summed E-state index contributed by atoms with van der Waals surface area (Å²) in [5.74, 6) is -1.57. The molecule has 3 aliphatic carbocycles. The van der Waals surface area contributed by atoms with Gasteiger partial charge in [-0.15, -0.1) is 11.6 Å². The summed E-state index contributed by atoms with van der Waals surface area (Å²) in [6, 6.07) is 0.0442. The average molecular weight is 700 g/mol. The van der Waals surface area contributed by atoms with E-state index >= 15 is 0 Å². The summed E-state index contributed by atoms with van der Waals surface area (Å²) in [5.41, 5.74) is -0.123. The van der Waals surface area contributed by atoms with Gasteiger partial charge in [0.05, 0.1) is 11.4 Å². The molecule has 10 unspecified atom stereocenters. The number of likely N-dealkylation sites (tertiary alicyclic amines) is 2. The fraction of sp³-hybridized carbons (Fsp3) is 0.917. The van der Waals surface area contributed by atoms with Crippen LogP contribution in [0.4, 0.5) is 13.2 Å². The maximum atomic E-state index is 14.4. The fourth-order valence-corrected chi connectivity index (χ4v) is 10.8. The van der Waals surface area contributed by atoms with E-state index in [1.165, 1.54) is 13.3 Å². The normalized spacial score (nSPS) is 39.5. The molecular formula is C36H57ClF3N5O3. The van der Waals surface area contributed by atoms with Crippen LogP contribution in [-0.4, -0.2) is 89.0 Å². The topological polar surface area (TPSA) is 93.8 Å². The Labute approximate surface area is 289 Å². The molecule has 0 spiro atoms. The van der Waals surface area contributed by atoms with E-state index in [1.807, 2.05) is 0 Å². The quantitative estimate of drug-likeness (QED) is 0.249. The summed E-state index contributed by atoms with van der Waals surface area (Å²) in [6.45, 7) is 5.76. The van der Waals surface area contributed by atoms with Crippen LogP contribution in [0.2, 0.25) is 0 Å². The molecule has 3 saturated heterocycles. The van der Waals surface area contributed by atoms with Crippen LogP contribution in [0.15, 0.2) is 0 Å². The van der Waals surface area contributed by atoms with E-state index in [0.29, 0.717) is 50.6 Å². The lowest BCUT2D eigenvalue weighted by Crippen LogP contribution is -2.63. The first-order valence-corrected chi connectivity index (χ1v) is 19.4. The van der Waals surface area contributed by atoms with Gasteiger partial charge >= 0.3 is 6.18 Å². The molecule has 0 aromatic heterocycles. The van der Waals surface area contributed by atoms with Crippen LogP contribution in [0.3, 0.4) is 0 Å². The summed E-state index contributed by atoms with van der Waals surface area (Å²) in [6.07, 6.45) is 6.92. The molecule has 0 bridgehead atoms. The van der Waals surface area contributed by atoms with Gasteiger partial charge in [0.1, 0.15) is 0 Å². The van der Waals surface area contributed by atoms with Crippen molar-refractivity contribution < 1.29 is 27.6 Å². The van der Waals surface area contributed by atoms with Crippen LogP contribution >= 0.6 is 11.6 Å². The molecule has 0 aromatic carbocycles. The number of hydrogen-bond donors (Lipinski definition) is 3. The molecule has 3 N–H and O–H groups in total. The highest BCUT2D eigenvalue weighted by atomic mass is 35.5. The molecule has 3 heterocycles. The SMILES string of the molecule is CC(=O)NC1CCN(C2CC(C(=O)NC3CCC(C)C(C4CC5CNC(Cl)CC5N(C5CCCCC5)C4=O)C3)CC(C(F)(F)F)C2)CC1. The Kier molecular flexibility index (Phi) is 11.6. The van der Waals surface area contributed by atoms with E-state index in [9.17, 15) is 27.6 Å². The minimum atomic E-state index is -4.35. The van der Waals surface area contributed by atoms with Gasteiger partial charge in [-0.2, -0.15) is 13.2 Å². The number of carbonyl (C=O) groups excluding carboxylic acids is 3. The van der Waals surface area contributed by atoms with Crippen molar-refractivity contribution in [1.29, 1.82) is 0 Å². The van der Waals surface area contributed by atoms with Crippen molar-refractivity contribution in [2.45, 2.75) is 152 Å². The summed E-state index contributed by atoms with van der Waals surface area (Å²) < 4.78 is 42.5. The molecule has 10 atom stereocenters. The molecule has 48 heavy (non-hydrogen) atoms. The van der Waals surface area contributed by atoms with E-state index in [1.54, 1.807) is 0 Å². The molecule has 3 saturated carbocycles. The third kappa shape index (κ3) is 8.30. The van der Waals surface area contributed by atoms with Crippen LogP contribution in [0.1, 0.15) is 110 Å². The van der Waals surface area contributed by atoms with Gasteiger partial charge in [0.15, 0.2) is 0 Å². The highest BCUT2D eigenvalue weighted by molar-refractivity contribution is 6.20. The summed E-state index contributed by atoms with van der Waals surface area (Å²) in [7, 11) is 0. The van der Waals surface area contributed by atoms with E-state index in [2.05, 4.69) is 32.7 Å². The Hall–Kier alpha value is -1.59. The molecule has 3 aliphatic heterocycles. The average Bonchev–Trinajstić information content (AvgIpc) is 3.05. The minimum absolute atomic E-state index is 0.0177. The zero-order chi connectivity index (χ0) is 34.2. The molecule has 12 heteroatoms. The van der Waals surface area contributed by atoms with Crippen molar-refractivity contribution in [2.24, 2.45) is 35.5 Å². The first kappa shape index (κ1) is 36.2. The molecule has 0 aromatic rings. The lowest BCUT2D eigenvalue weighted by atomic mass is 9.65. The summed E-state index contributed by atoms with van der Waals surface area (Å²) in [5, 5.41) is 9.61. The fourth-order valence-electron chi connectivity index (χ4n) is 10.6. The molecule has 8 nitrogen and oxygen atoms in total. The number of fused-ring (bicyclic) bond motifs is 1. The molecule has 6 aliphatic rings. The van der Waals surface area contributed by atoms with E-state index < -0.39 is 18.0 Å². The molecule has 0 radical (unpaired) electrons. The number of rotatable bonds is 6. The van der Waals surface area contributed by atoms with E-state index in [4.69, 9.17) is 11.6 Å². The van der Waals surface area contributed by atoms with Crippen molar-refractivity contribution in [1.82, 2.24) is 25.8 Å². The van der Waals surface area contributed by atoms with Gasteiger partial charge in [-0.05, 0) is 94.8 Å². The van der Waals surface area contributed by atoms with Gasteiger partial charge in [0.25, 0.3) is 0 Å². The first-order valence-electron chi connectivity index (χ1n) is 18.9. The predicted molar refractivity (Wildman–Crippen MR) is 179 cm³/mol. The molecule has 6 rings (SSSR count). The standard InChI is InChI=1S/C36H57ClF3N5O3/c1-21-8-9-27(18-30(21)31-16-24-20-41-33(37)19-32(24)45(35(31)48)28-6-4-3-5-7-28)43-34(47)23-14-25(36(38,39)40)17-29(15-23)44-12-10-26(11-13-44)42-22(2)46/h21,23-33,41H,3-20H2,1-2H3,(H,42,46)(H,43,47). The molecule has 3 amide bonds. The van der Waals surface area contributed by atoms with Crippen molar-refractivity contribution in [2.75, 3.05) is 19.6 Å². The Morgan fingerprint density at radius 1 is 0.854 bits per heavy atom. The third-order valence-corrected chi connectivity index (χ3v) is 13.5. The summed E-state index contributed by atoms with van der Waals surface area (Å²) >= 11 is 6.57. The van der Waals surface area contributed by atoms with E-state index in [0.717, 1.165) is 57.9 Å². The zero-order valence-electron chi connectivity index (χ0n) is 28.8.